The Morgan fingerprint density at radius 1 is 1.28 bits per heavy atom. The Morgan fingerprint density at radius 3 is 2.55 bits per heavy atom. The van der Waals surface area contributed by atoms with Crippen LogP contribution < -0.4 is 15.5 Å². The summed E-state index contributed by atoms with van der Waals surface area (Å²) >= 11 is 0. The number of carbonyl (C=O) groups is 1. The standard InChI is InChI=1S/C20H17F3N4O2/c1-19(10-17(26-27-19)12-4-7-15(29-2)8-5-12)18(28)25-14-6-3-13(11-24)16(9-14)20(21,22)23/h3-9,27H,10H2,1-2H3,(H,25,28). The molecule has 0 spiro atoms. The highest BCUT2D eigenvalue weighted by Gasteiger charge is 2.39. The van der Waals surface area contributed by atoms with Crippen molar-refractivity contribution < 1.29 is 22.7 Å². The summed E-state index contributed by atoms with van der Waals surface area (Å²) in [5, 5.41) is 15.5. The van der Waals surface area contributed by atoms with Crippen LogP contribution in [0.3, 0.4) is 0 Å². The minimum absolute atomic E-state index is 0.0535. The summed E-state index contributed by atoms with van der Waals surface area (Å²) in [5.74, 6) is 0.143. The van der Waals surface area contributed by atoms with E-state index in [2.05, 4.69) is 15.8 Å². The van der Waals surface area contributed by atoms with Crippen molar-refractivity contribution in [2.45, 2.75) is 25.1 Å². The van der Waals surface area contributed by atoms with Crippen molar-refractivity contribution in [2.75, 3.05) is 12.4 Å². The second-order valence-corrected chi connectivity index (χ2v) is 6.73. The van der Waals surface area contributed by atoms with Crippen LogP contribution >= 0.6 is 0 Å². The highest BCUT2D eigenvalue weighted by atomic mass is 19.4. The van der Waals surface area contributed by atoms with Gasteiger partial charge in [0.25, 0.3) is 5.91 Å². The third kappa shape index (κ3) is 4.16. The number of nitriles is 1. The molecule has 0 fully saturated rings. The van der Waals surface area contributed by atoms with Crippen molar-refractivity contribution in [2.24, 2.45) is 5.10 Å². The number of rotatable bonds is 4. The highest BCUT2D eigenvalue weighted by Crippen LogP contribution is 2.34. The number of hydrogen-bond acceptors (Lipinski definition) is 5. The molecule has 3 rings (SSSR count). The summed E-state index contributed by atoms with van der Waals surface area (Å²) in [6.45, 7) is 1.61. The second-order valence-electron chi connectivity index (χ2n) is 6.73. The van der Waals surface area contributed by atoms with Gasteiger partial charge in [-0.15, -0.1) is 0 Å². The average Bonchev–Trinajstić information content (AvgIpc) is 3.11. The Hall–Kier alpha value is -3.54. The first-order chi connectivity index (χ1) is 13.7. The number of anilines is 1. The molecule has 6 nitrogen and oxygen atoms in total. The maximum absolute atomic E-state index is 13.1. The second kappa shape index (κ2) is 7.47. The number of nitrogens with one attached hydrogen (secondary N) is 2. The average molecular weight is 402 g/mol. The first-order valence-corrected chi connectivity index (χ1v) is 8.57. The van der Waals surface area contributed by atoms with E-state index in [1.54, 1.807) is 38.3 Å². The molecule has 1 heterocycles. The number of halogens is 3. The van der Waals surface area contributed by atoms with Crippen LogP contribution in [-0.2, 0) is 11.0 Å². The summed E-state index contributed by atoms with van der Waals surface area (Å²) in [6.07, 6.45) is -4.46. The number of hydrogen-bond donors (Lipinski definition) is 2. The quantitative estimate of drug-likeness (QED) is 0.817. The molecule has 0 saturated carbocycles. The van der Waals surface area contributed by atoms with E-state index >= 15 is 0 Å². The van der Waals surface area contributed by atoms with Gasteiger partial charge in [-0.1, -0.05) is 0 Å². The van der Waals surface area contributed by atoms with E-state index in [9.17, 15) is 18.0 Å². The molecule has 1 atom stereocenters. The van der Waals surface area contributed by atoms with Gasteiger partial charge in [0.05, 0.1) is 30.0 Å². The Labute approximate surface area is 165 Å². The summed E-state index contributed by atoms with van der Waals surface area (Å²) in [6, 6.07) is 11.7. The van der Waals surface area contributed by atoms with Gasteiger partial charge in [-0.3, -0.25) is 10.2 Å². The van der Waals surface area contributed by atoms with E-state index < -0.39 is 28.7 Å². The van der Waals surface area contributed by atoms with Crippen molar-refractivity contribution in [3.05, 3.63) is 59.2 Å². The molecule has 1 aliphatic rings. The van der Waals surface area contributed by atoms with Crippen LogP contribution in [0.4, 0.5) is 18.9 Å². The van der Waals surface area contributed by atoms with E-state index in [1.807, 2.05) is 0 Å². The van der Waals surface area contributed by atoms with Gasteiger partial charge in [-0.2, -0.15) is 23.5 Å². The van der Waals surface area contributed by atoms with E-state index in [1.165, 1.54) is 12.1 Å². The molecule has 2 N–H and O–H groups in total. The third-order valence-corrected chi connectivity index (χ3v) is 4.59. The number of carbonyl (C=O) groups excluding carboxylic acids is 1. The normalized spacial score (nSPS) is 18.4. The summed E-state index contributed by atoms with van der Waals surface area (Å²) in [4.78, 5) is 12.7. The van der Waals surface area contributed by atoms with Crippen LogP contribution in [0.25, 0.3) is 0 Å². The zero-order valence-corrected chi connectivity index (χ0v) is 15.6. The van der Waals surface area contributed by atoms with Gasteiger partial charge in [-0.25, -0.2) is 0 Å². The molecule has 2 aromatic carbocycles. The zero-order valence-electron chi connectivity index (χ0n) is 15.6. The highest BCUT2D eigenvalue weighted by molar-refractivity contribution is 6.09. The van der Waals surface area contributed by atoms with E-state index in [0.717, 1.165) is 17.7 Å². The lowest BCUT2D eigenvalue weighted by Crippen LogP contribution is -2.47. The first-order valence-electron chi connectivity index (χ1n) is 8.57. The predicted molar refractivity (Wildman–Crippen MR) is 100 cm³/mol. The summed E-state index contributed by atoms with van der Waals surface area (Å²) < 4.78 is 44.5. The molecule has 0 saturated heterocycles. The molecule has 9 heteroatoms. The minimum Gasteiger partial charge on any atom is -0.497 e. The number of amides is 1. The molecule has 1 aliphatic heterocycles. The van der Waals surface area contributed by atoms with Gasteiger partial charge in [-0.05, 0) is 55.0 Å². The first kappa shape index (κ1) is 20.2. The number of ether oxygens (including phenoxy) is 1. The van der Waals surface area contributed by atoms with Gasteiger partial charge in [0, 0.05) is 12.1 Å². The van der Waals surface area contributed by atoms with Crippen LogP contribution in [0.2, 0.25) is 0 Å². The molecule has 0 aliphatic carbocycles. The SMILES string of the molecule is COc1ccc(C2=NNC(C)(C(=O)Nc3ccc(C#N)c(C(F)(F)F)c3)C2)cc1. The molecule has 0 aromatic heterocycles. The van der Waals surface area contributed by atoms with Crippen LogP contribution in [0, 0.1) is 11.3 Å². The Kier molecular flexibility index (Phi) is 5.20. The van der Waals surface area contributed by atoms with Gasteiger partial charge < -0.3 is 10.1 Å². The topological polar surface area (TPSA) is 86.5 Å². The fourth-order valence-corrected chi connectivity index (χ4v) is 2.91. The number of alkyl halides is 3. The molecular weight excluding hydrogens is 385 g/mol. The fourth-order valence-electron chi connectivity index (χ4n) is 2.91. The minimum atomic E-state index is -4.70. The molecule has 0 radical (unpaired) electrons. The van der Waals surface area contributed by atoms with Crippen molar-refractivity contribution in [1.29, 1.82) is 5.26 Å². The van der Waals surface area contributed by atoms with E-state index in [-0.39, 0.29) is 12.1 Å². The lowest BCUT2D eigenvalue weighted by molar-refractivity contribution is -0.137. The monoisotopic (exact) mass is 402 g/mol. The largest absolute Gasteiger partial charge is 0.497 e. The molecule has 0 bridgehead atoms. The van der Waals surface area contributed by atoms with Crippen LogP contribution in [0.1, 0.15) is 30.0 Å². The Balaban J connectivity index is 1.75. The number of nitrogens with zero attached hydrogens (tertiary/aromatic N) is 2. The zero-order chi connectivity index (χ0) is 21.2. The van der Waals surface area contributed by atoms with Crippen molar-refractivity contribution in [1.82, 2.24) is 5.43 Å². The number of methoxy groups -OCH3 is 1. The van der Waals surface area contributed by atoms with Gasteiger partial charge in [0.1, 0.15) is 11.3 Å². The maximum Gasteiger partial charge on any atom is 0.417 e. The molecule has 29 heavy (non-hydrogen) atoms. The molecule has 1 amide bonds. The lowest BCUT2D eigenvalue weighted by Gasteiger charge is -2.23. The molecule has 2 aromatic rings. The van der Waals surface area contributed by atoms with E-state index in [0.29, 0.717) is 11.5 Å². The smallest absolute Gasteiger partial charge is 0.417 e. The third-order valence-electron chi connectivity index (χ3n) is 4.59. The van der Waals surface area contributed by atoms with Gasteiger partial charge in [0.2, 0.25) is 0 Å². The van der Waals surface area contributed by atoms with Crippen LogP contribution in [0.15, 0.2) is 47.6 Å². The van der Waals surface area contributed by atoms with Gasteiger partial charge in [0.15, 0.2) is 0 Å². The molecule has 1 unspecified atom stereocenters. The summed E-state index contributed by atoms with van der Waals surface area (Å²) in [7, 11) is 1.55. The Morgan fingerprint density at radius 2 is 1.97 bits per heavy atom. The van der Waals surface area contributed by atoms with Crippen molar-refractivity contribution in [3.8, 4) is 11.8 Å². The van der Waals surface area contributed by atoms with Gasteiger partial charge >= 0.3 is 6.18 Å². The van der Waals surface area contributed by atoms with Crippen LogP contribution in [0.5, 0.6) is 5.75 Å². The maximum atomic E-state index is 13.1. The molecular formula is C20H17F3N4O2. The fraction of sp³-hybridized carbons (Fsp3) is 0.250. The van der Waals surface area contributed by atoms with Crippen molar-refractivity contribution >= 4 is 17.3 Å². The molecule has 150 valence electrons. The van der Waals surface area contributed by atoms with E-state index in [4.69, 9.17) is 10.00 Å². The Bertz CT molecular complexity index is 1010. The lowest BCUT2D eigenvalue weighted by atomic mass is 9.93. The number of benzene rings is 2. The summed E-state index contributed by atoms with van der Waals surface area (Å²) in [5.41, 5.74) is 1.41. The number of hydrazone groups is 1. The van der Waals surface area contributed by atoms with Crippen LogP contribution in [-0.4, -0.2) is 24.3 Å². The predicted octanol–water partition coefficient (Wildman–Crippen LogP) is 3.68. The van der Waals surface area contributed by atoms with Crippen molar-refractivity contribution in [3.63, 3.8) is 0 Å².